The predicted octanol–water partition coefficient (Wildman–Crippen LogP) is 3.72. The Labute approximate surface area is 163 Å². The molecule has 7 heteroatoms. The SMILES string of the molecule is O=S(=O)(c1ccccc1F)N1CCC2(CC1)Nc1ccccc1-n1cccc12. The molecular weight excluding hydrogens is 377 g/mol. The van der Waals surface area contributed by atoms with E-state index in [2.05, 4.69) is 22.0 Å². The number of rotatable bonds is 2. The zero-order valence-electron chi connectivity index (χ0n) is 15.2. The molecule has 2 aromatic carbocycles. The molecule has 2 aliphatic heterocycles. The van der Waals surface area contributed by atoms with Crippen LogP contribution < -0.4 is 5.32 Å². The van der Waals surface area contributed by atoms with Crippen LogP contribution in [0.1, 0.15) is 18.5 Å². The number of hydrogen-bond donors (Lipinski definition) is 1. The van der Waals surface area contributed by atoms with Crippen LogP contribution in [-0.2, 0) is 15.6 Å². The van der Waals surface area contributed by atoms with Crippen LogP contribution in [0.3, 0.4) is 0 Å². The van der Waals surface area contributed by atoms with Crippen molar-refractivity contribution >= 4 is 15.7 Å². The van der Waals surface area contributed by atoms with Gasteiger partial charge in [0, 0.05) is 25.0 Å². The lowest BCUT2D eigenvalue weighted by Gasteiger charge is -2.45. The third-order valence-electron chi connectivity index (χ3n) is 5.81. The highest BCUT2D eigenvalue weighted by atomic mass is 32.2. The Morgan fingerprint density at radius 2 is 1.64 bits per heavy atom. The van der Waals surface area contributed by atoms with Crippen LogP contribution in [0.25, 0.3) is 5.69 Å². The number of nitrogens with zero attached hydrogens (tertiary/aromatic N) is 2. The van der Waals surface area contributed by atoms with Crippen LogP contribution >= 0.6 is 0 Å². The summed E-state index contributed by atoms with van der Waals surface area (Å²) in [4.78, 5) is -0.253. The van der Waals surface area contributed by atoms with Crippen molar-refractivity contribution in [3.05, 3.63) is 78.4 Å². The molecule has 1 spiro atoms. The lowest BCUT2D eigenvalue weighted by atomic mass is 9.83. The molecule has 0 bridgehead atoms. The normalized spacial score (nSPS) is 18.3. The third kappa shape index (κ3) is 2.50. The summed E-state index contributed by atoms with van der Waals surface area (Å²) in [5.41, 5.74) is 2.93. The van der Waals surface area contributed by atoms with Crippen LogP contribution in [-0.4, -0.2) is 30.4 Å². The van der Waals surface area contributed by atoms with Crippen molar-refractivity contribution in [1.29, 1.82) is 0 Å². The van der Waals surface area contributed by atoms with E-state index in [1.165, 1.54) is 22.5 Å². The molecule has 5 rings (SSSR count). The lowest BCUT2D eigenvalue weighted by Crippen LogP contribution is -2.51. The average Bonchev–Trinajstić information content (AvgIpc) is 3.20. The minimum atomic E-state index is -3.85. The molecule has 1 aromatic heterocycles. The highest BCUT2D eigenvalue weighted by Crippen LogP contribution is 2.44. The number of hydrogen-bond acceptors (Lipinski definition) is 3. The second-order valence-corrected chi connectivity index (χ2v) is 9.23. The zero-order valence-corrected chi connectivity index (χ0v) is 16.0. The number of aromatic nitrogens is 1. The fraction of sp³-hybridized carbons (Fsp3) is 0.238. The zero-order chi connectivity index (χ0) is 19.4. The molecular formula is C21H20FN3O2S. The van der Waals surface area contributed by atoms with Crippen molar-refractivity contribution in [1.82, 2.24) is 8.87 Å². The first-order valence-electron chi connectivity index (χ1n) is 9.31. The van der Waals surface area contributed by atoms with E-state index >= 15 is 0 Å². The van der Waals surface area contributed by atoms with Gasteiger partial charge in [-0.1, -0.05) is 24.3 Å². The Hall–Kier alpha value is -2.64. The van der Waals surface area contributed by atoms with Crippen LogP contribution in [0.4, 0.5) is 10.1 Å². The minimum Gasteiger partial charge on any atom is -0.372 e. The van der Waals surface area contributed by atoms with Gasteiger partial charge in [-0.3, -0.25) is 0 Å². The first-order valence-corrected chi connectivity index (χ1v) is 10.8. The summed E-state index contributed by atoms with van der Waals surface area (Å²) in [6.45, 7) is 0.661. The number of para-hydroxylation sites is 2. The molecule has 0 unspecified atom stereocenters. The van der Waals surface area contributed by atoms with Crippen LogP contribution in [0.15, 0.2) is 71.8 Å². The number of nitrogens with one attached hydrogen (secondary N) is 1. The smallest absolute Gasteiger partial charge is 0.245 e. The molecule has 28 heavy (non-hydrogen) atoms. The monoisotopic (exact) mass is 397 g/mol. The van der Waals surface area contributed by atoms with Gasteiger partial charge in [0.15, 0.2) is 0 Å². The predicted molar refractivity (Wildman–Crippen MR) is 105 cm³/mol. The van der Waals surface area contributed by atoms with Gasteiger partial charge in [0.2, 0.25) is 10.0 Å². The quantitative estimate of drug-likeness (QED) is 0.717. The maximum absolute atomic E-state index is 14.1. The fourth-order valence-electron chi connectivity index (χ4n) is 4.37. The Balaban J connectivity index is 1.46. The number of fused-ring (bicyclic) bond motifs is 4. The first kappa shape index (κ1) is 17.5. The molecule has 5 nitrogen and oxygen atoms in total. The Morgan fingerprint density at radius 1 is 0.929 bits per heavy atom. The second-order valence-electron chi connectivity index (χ2n) is 7.32. The van der Waals surface area contributed by atoms with Gasteiger partial charge in [-0.2, -0.15) is 4.31 Å². The minimum absolute atomic E-state index is 0.253. The van der Waals surface area contributed by atoms with E-state index in [1.54, 1.807) is 6.07 Å². The van der Waals surface area contributed by atoms with Gasteiger partial charge in [0.25, 0.3) is 0 Å². The molecule has 3 aromatic rings. The number of benzene rings is 2. The van der Waals surface area contributed by atoms with E-state index in [1.807, 2.05) is 30.5 Å². The maximum atomic E-state index is 14.1. The van der Waals surface area contributed by atoms with Gasteiger partial charge < -0.3 is 9.88 Å². The topological polar surface area (TPSA) is 54.3 Å². The lowest BCUT2D eigenvalue weighted by molar-refractivity contribution is 0.247. The largest absolute Gasteiger partial charge is 0.372 e. The summed E-state index contributed by atoms with van der Waals surface area (Å²) in [7, 11) is -3.85. The summed E-state index contributed by atoms with van der Waals surface area (Å²) in [5, 5.41) is 3.66. The van der Waals surface area contributed by atoms with E-state index < -0.39 is 15.8 Å². The highest BCUT2D eigenvalue weighted by molar-refractivity contribution is 7.89. The Kier molecular flexibility index (Phi) is 3.86. The van der Waals surface area contributed by atoms with Gasteiger partial charge in [0.1, 0.15) is 10.7 Å². The molecule has 1 N–H and O–H groups in total. The van der Waals surface area contributed by atoms with Crippen molar-refractivity contribution in [2.24, 2.45) is 0 Å². The summed E-state index contributed by atoms with van der Waals surface area (Å²) in [6.07, 6.45) is 3.26. The Bertz CT molecular complexity index is 1150. The standard InChI is InChI=1S/C21H20FN3O2S/c22-16-6-1-4-9-19(16)28(26,27)24-14-11-21(12-15-24)20-10-5-13-25(20)18-8-3-2-7-17(18)23-21/h1-10,13,23H,11-12,14-15H2. The summed E-state index contributed by atoms with van der Waals surface area (Å²) in [5.74, 6) is -0.707. The summed E-state index contributed by atoms with van der Waals surface area (Å²) < 4.78 is 43.5. The molecule has 0 radical (unpaired) electrons. The van der Waals surface area contributed by atoms with E-state index in [9.17, 15) is 12.8 Å². The fourth-order valence-corrected chi connectivity index (χ4v) is 5.88. The van der Waals surface area contributed by atoms with Gasteiger partial charge in [-0.25, -0.2) is 12.8 Å². The van der Waals surface area contributed by atoms with Crippen molar-refractivity contribution in [3.63, 3.8) is 0 Å². The highest BCUT2D eigenvalue weighted by Gasteiger charge is 2.44. The van der Waals surface area contributed by atoms with Gasteiger partial charge in [-0.15, -0.1) is 0 Å². The number of piperidine rings is 1. The van der Waals surface area contributed by atoms with Gasteiger partial charge in [0.05, 0.1) is 16.9 Å². The molecule has 0 atom stereocenters. The first-order chi connectivity index (χ1) is 13.5. The van der Waals surface area contributed by atoms with Gasteiger partial charge >= 0.3 is 0 Å². The summed E-state index contributed by atoms with van der Waals surface area (Å²) in [6, 6.07) is 17.8. The second kappa shape index (κ2) is 6.18. The van der Waals surface area contributed by atoms with Crippen molar-refractivity contribution in [3.8, 4) is 5.69 Å². The number of halogens is 1. The van der Waals surface area contributed by atoms with Crippen LogP contribution in [0, 0.1) is 5.82 Å². The molecule has 0 saturated carbocycles. The molecule has 2 aliphatic rings. The van der Waals surface area contributed by atoms with E-state index in [0.717, 1.165) is 17.1 Å². The van der Waals surface area contributed by atoms with E-state index in [-0.39, 0.29) is 10.4 Å². The van der Waals surface area contributed by atoms with Gasteiger partial charge in [-0.05, 0) is 49.2 Å². The molecule has 3 heterocycles. The van der Waals surface area contributed by atoms with Crippen molar-refractivity contribution in [2.75, 3.05) is 18.4 Å². The third-order valence-corrected chi connectivity index (χ3v) is 7.74. The van der Waals surface area contributed by atoms with Crippen molar-refractivity contribution < 1.29 is 12.8 Å². The number of anilines is 1. The van der Waals surface area contributed by atoms with Crippen molar-refractivity contribution in [2.45, 2.75) is 23.3 Å². The maximum Gasteiger partial charge on any atom is 0.245 e. The van der Waals surface area contributed by atoms with Crippen LogP contribution in [0.2, 0.25) is 0 Å². The Morgan fingerprint density at radius 3 is 2.43 bits per heavy atom. The molecule has 1 saturated heterocycles. The van der Waals surface area contributed by atoms with E-state index in [4.69, 9.17) is 0 Å². The molecule has 0 aliphatic carbocycles. The number of sulfonamides is 1. The summed E-state index contributed by atoms with van der Waals surface area (Å²) >= 11 is 0. The van der Waals surface area contributed by atoms with Crippen LogP contribution in [0.5, 0.6) is 0 Å². The van der Waals surface area contributed by atoms with E-state index in [0.29, 0.717) is 25.9 Å². The average molecular weight is 397 g/mol. The molecule has 1 fully saturated rings. The molecule has 144 valence electrons. The molecule has 0 amide bonds.